The Balaban J connectivity index is 2.47. The molecule has 5 nitrogen and oxygen atoms in total. The van der Waals surface area contributed by atoms with Crippen LogP contribution in [-0.2, 0) is 9.53 Å². The topological polar surface area (TPSA) is 72.8 Å². The first kappa shape index (κ1) is 20.5. The first-order valence-corrected chi connectivity index (χ1v) is 8.72. The van der Waals surface area contributed by atoms with Crippen LogP contribution in [0.2, 0.25) is 0 Å². The summed E-state index contributed by atoms with van der Waals surface area (Å²) in [7, 11) is 3.05. The van der Waals surface area contributed by atoms with Gasteiger partial charge >= 0.3 is 5.97 Å². The van der Waals surface area contributed by atoms with Crippen molar-refractivity contribution in [1.29, 1.82) is 0 Å². The predicted molar refractivity (Wildman–Crippen MR) is 104 cm³/mol. The Kier molecular flexibility index (Phi) is 5.94. The highest BCUT2D eigenvalue weighted by atomic mass is 16.5. The SMILES string of the molecule is COC1=C(C)C(C(=O)O)=C(C)C(C)(C)C1C=CC(=O)c1ccccc1OC. The van der Waals surface area contributed by atoms with Gasteiger partial charge in [-0.1, -0.05) is 37.6 Å². The fraction of sp³-hybridized carbons (Fsp3) is 0.364. The summed E-state index contributed by atoms with van der Waals surface area (Å²) < 4.78 is 10.8. The number of hydrogen-bond donors (Lipinski definition) is 1. The average Bonchev–Trinajstić information content (AvgIpc) is 2.63. The van der Waals surface area contributed by atoms with Crippen molar-refractivity contribution in [3.8, 4) is 5.75 Å². The Labute approximate surface area is 160 Å². The van der Waals surface area contributed by atoms with Gasteiger partial charge in [0.15, 0.2) is 5.78 Å². The van der Waals surface area contributed by atoms with E-state index in [1.807, 2.05) is 20.8 Å². The van der Waals surface area contributed by atoms with Crippen LogP contribution in [0, 0.1) is 11.3 Å². The van der Waals surface area contributed by atoms with Crippen LogP contribution in [0.25, 0.3) is 0 Å². The van der Waals surface area contributed by atoms with Crippen molar-refractivity contribution in [2.75, 3.05) is 14.2 Å². The molecule has 0 aromatic heterocycles. The molecule has 5 heteroatoms. The number of allylic oxidation sites excluding steroid dienone is 3. The number of methoxy groups -OCH3 is 2. The van der Waals surface area contributed by atoms with Crippen molar-refractivity contribution in [3.05, 3.63) is 64.5 Å². The first-order valence-electron chi connectivity index (χ1n) is 8.72. The molecule has 1 aliphatic rings. The van der Waals surface area contributed by atoms with Gasteiger partial charge in [-0.25, -0.2) is 4.79 Å². The summed E-state index contributed by atoms with van der Waals surface area (Å²) in [5.74, 6) is -0.337. The van der Waals surface area contributed by atoms with Crippen LogP contribution in [0.5, 0.6) is 5.75 Å². The van der Waals surface area contributed by atoms with E-state index in [1.54, 1.807) is 37.3 Å². The molecule has 1 unspecified atom stereocenters. The summed E-state index contributed by atoms with van der Waals surface area (Å²) in [6.45, 7) is 7.48. The summed E-state index contributed by atoms with van der Waals surface area (Å²) in [4.78, 5) is 24.4. The van der Waals surface area contributed by atoms with Gasteiger partial charge in [0.1, 0.15) is 11.5 Å². The summed E-state index contributed by atoms with van der Waals surface area (Å²) in [5.41, 5.74) is 1.57. The van der Waals surface area contributed by atoms with E-state index in [-0.39, 0.29) is 17.3 Å². The number of rotatable bonds is 6. The molecule has 0 saturated carbocycles. The zero-order chi connectivity index (χ0) is 20.4. The van der Waals surface area contributed by atoms with Gasteiger partial charge in [-0.3, -0.25) is 4.79 Å². The van der Waals surface area contributed by atoms with Crippen molar-refractivity contribution in [1.82, 2.24) is 0 Å². The zero-order valence-corrected chi connectivity index (χ0v) is 16.6. The normalized spacial score (nSPS) is 19.4. The molecular weight excluding hydrogens is 344 g/mol. The molecule has 1 aromatic rings. The van der Waals surface area contributed by atoms with E-state index in [0.717, 1.165) is 5.57 Å². The van der Waals surface area contributed by atoms with Crippen LogP contribution in [0.3, 0.4) is 0 Å². The van der Waals surface area contributed by atoms with Crippen molar-refractivity contribution in [3.63, 3.8) is 0 Å². The highest BCUT2D eigenvalue weighted by Gasteiger charge is 2.41. The molecule has 1 N–H and O–H groups in total. The molecule has 1 aromatic carbocycles. The number of aliphatic carboxylic acids is 1. The van der Waals surface area contributed by atoms with Crippen molar-refractivity contribution in [2.45, 2.75) is 27.7 Å². The molecular formula is C22H26O5. The molecule has 1 atom stereocenters. The van der Waals surface area contributed by atoms with Crippen LogP contribution < -0.4 is 4.74 Å². The minimum absolute atomic E-state index is 0.179. The van der Waals surface area contributed by atoms with Gasteiger partial charge in [0.05, 0.1) is 25.4 Å². The van der Waals surface area contributed by atoms with Gasteiger partial charge in [-0.05, 0) is 37.5 Å². The summed E-state index contributed by atoms with van der Waals surface area (Å²) in [6.07, 6.45) is 3.30. The molecule has 0 radical (unpaired) electrons. The molecule has 0 aliphatic heterocycles. The lowest BCUT2D eigenvalue weighted by molar-refractivity contribution is -0.132. The van der Waals surface area contributed by atoms with E-state index in [2.05, 4.69) is 0 Å². The number of hydrogen-bond acceptors (Lipinski definition) is 4. The molecule has 0 saturated heterocycles. The van der Waals surface area contributed by atoms with E-state index in [4.69, 9.17) is 9.47 Å². The lowest BCUT2D eigenvalue weighted by Gasteiger charge is -2.40. The maximum Gasteiger partial charge on any atom is 0.336 e. The van der Waals surface area contributed by atoms with E-state index in [0.29, 0.717) is 22.6 Å². The molecule has 1 aliphatic carbocycles. The monoisotopic (exact) mass is 370 g/mol. The van der Waals surface area contributed by atoms with Crippen LogP contribution >= 0.6 is 0 Å². The van der Waals surface area contributed by atoms with Gasteiger partial charge < -0.3 is 14.6 Å². The van der Waals surface area contributed by atoms with Gasteiger partial charge in [-0.2, -0.15) is 0 Å². The van der Waals surface area contributed by atoms with Crippen LogP contribution in [-0.4, -0.2) is 31.1 Å². The van der Waals surface area contributed by atoms with Crippen molar-refractivity contribution in [2.24, 2.45) is 11.3 Å². The molecule has 0 bridgehead atoms. The molecule has 0 amide bonds. The van der Waals surface area contributed by atoms with E-state index in [1.165, 1.54) is 20.3 Å². The molecule has 0 heterocycles. The lowest BCUT2D eigenvalue weighted by Crippen LogP contribution is -2.33. The Morgan fingerprint density at radius 2 is 1.74 bits per heavy atom. The minimum Gasteiger partial charge on any atom is -0.500 e. The molecule has 2 rings (SSSR count). The van der Waals surface area contributed by atoms with Crippen molar-refractivity contribution < 1.29 is 24.2 Å². The highest BCUT2D eigenvalue weighted by Crippen LogP contribution is 2.48. The number of para-hydroxylation sites is 1. The van der Waals surface area contributed by atoms with Gasteiger partial charge in [-0.15, -0.1) is 0 Å². The Bertz CT molecular complexity index is 855. The molecule has 0 fully saturated rings. The number of carboxylic acids is 1. The average molecular weight is 370 g/mol. The predicted octanol–water partition coefficient (Wildman–Crippen LogP) is 4.41. The van der Waals surface area contributed by atoms with Gasteiger partial charge in [0.25, 0.3) is 0 Å². The molecule has 144 valence electrons. The maximum atomic E-state index is 12.7. The number of carbonyl (C=O) groups excluding carboxylic acids is 1. The number of benzene rings is 1. The fourth-order valence-corrected chi connectivity index (χ4v) is 3.57. The molecule has 0 spiro atoms. The fourth-order valence-electron chi connectivity index (χ4n) is 3.57. The van der Waals surface area contributed by atoms with Crippen LogP contribution in [0.15, 0.2) is 58.9 Å². The second-order valence-corrected chi connectivity index (χ2v) is 7.12. The third-order valence-corrected chi connectivity index (χ3v) is 5.39. The quantitative estimate of drug-likeness (QED) is 0.593. The van der Waals surface area contributed by atoms with Gasteiger partial charge in [0.2, 0.25) is 0 Å². The summed E-state index contributed by atoms with van der Waals surface area (Å²) in [5, 5.41) is 9.60. The summed E-state index contributed by atoms with van der Waals surface area (Å²) >= 11 is 0. The van der Waals surface area contributed by atoms with E-state index < -0.39 is 11.4 Å². The Hall–Kier alpha value is -2.82. The largest absolute Gasteiger partial charge is 0.500 e. The lowest BCUT2D eigenvalue weighted by atomic mass is 9.66. The summed E-state index contributed by atoms with van der Waals surface area (Å²) in [6, 6.07) is 7.04. The zero-order valence-electron chi connectivity index (χ0n) is 16.6. The van der Waals surface area contributed by atoms with Crippen molar-refractivity contribution >= 4 is 11.8 Å². The standard InChI is InChI=1S/C22H26O5/c1-13-19(21(24)25)14(2)22(3,4)16(20(13)27-6)11-12-17(23)15-9-7-8-10-18(15)26-5/h7-12,16H,1-6H3,(H,24,25). The minimum atomic E-state index is -0.972. The maximum absolute atomic E-state index is 12.7. The Morgan fingerprint density at radius 1 is 1.11 bits per heavy atom. The van der Waals surface area contributed by atoms with Crippen LogP contribution in [0.4, 0.5) is 0 Å². The number of carbonyl (C=O) groups is 2. The highest BCUT2D eigenvalue weighted by molar-refractivity contribution is 6.06. The Morgan fingerprint density at radius 3 is 2.30 bits per heavy atom. The smallest absolute Gasteiger partial charge is 0.336 e. The van der Waals surface area contributed by atoms with Gasteiger partial charge in [0, 0.05) is 11.5 Å². The molecule has 27 heavy (non-hydrogen) atoms. The third-order valence-electron chi connectivity index (χ3n) is 5.39. The van der Waals surface area contributed by atoms with E-state index in [9.17, 15) is 14.7 Å². The number of ketones is 1. The third kappa shape index (κ3) is 3.68. The van der Waals surface area contributed by atoms with E-state index >= 15 is 0 Å². The first-order chi connectivity index (χ1) is 12.7. The number of carboxylic acid groups (broad SMARTS) is 1. The number of ether oxygens (including phenoxy) is 2. The second-order valence-electron chi connectivity index (χ2n) is 7.12. The second kappa shape index (κ2) is 7.82. The van der Waals surface area contributed by atoms with Crippen LogP contribution in [0.1, 0.15) is 38.1 Å².